The highest BCUT2D eigenvalue weighted by atomic mass is 19.4. The molecule has 8 nitrogen and oxygen atoms in total. The first-order valence-corrected chi connectivity index (χ1v) is 10.6. The van der Waals surface area contributed by atoms with Crippen molar-refractivity contribution in [1.82, 2.24) is 14.9 Å². The third-order valence-corrected chi connectivity index (χ3v) is 5.27. The van der Waals surface area contributed by atoms with Gasteiger partial charge in [-0.3, -0.25) is 4.90 Å². The first kappa shape index (κ1) is 24.7. The molecule has 2 aromatic rings. The van der Waals surface area contributed by atoms with Crippen LogP contribution >= 0.6 is 0 Å². The van der Waals surface area contributed by atoms with Gasteiger partial charge in [-0.05, 0) is 42.5 Å². The number of carboxylic acids is 1. The van der Waals surface area contributed by atoms with Crippen LogP contribution in [-0.4, -0.2) is 65.5 Å². The molecule has 1 aliphatic carbocycles. The first-order chi connectivity index (χ1) is 15.8. The highest BCUT2D eigenvalue weighted by Gasteiger charge is 2.38. The normalized spacial score (nSPS) is 18.7. The number of benzene rings is 1. The molecular weight excluding hydrogens is 441 g/mol. The van der Waals surface area contributed by atoms with E-state index in [4.69, 9.17) is 24.4 Å². The summed E-state index contributed by atoms with van der Waals surface area (Å²) in [5, 5.41) is 10.6. The molecule has 2 fully saturated rings. The fourth-order valence-corrected chi connectivity index (χ4v) is 3.23. The van der Waals surface area contributed by atoms with Crippen molar-refractivity contribution >= 4 is 11.8 Å². The van der Waals surface area contributed by atoms with Crippen LogP contribution in [0.25, 0.3) is 0 Å². The minimum absolute atomic E-state index is 0.0773. The SMILES string of the molecule is COc1ccc(CN2CCOCC2c2nccc(NCC3CC3)n2)cc1.O=C(O)C(F)(F)F. The van der Waals surface area contributed by atoms with Gasteiger partial charge in [0.1, 0.15) is 17.4 Å². The van der Waals surface area contributed by atoms with Gasteiger partial charge in [0, 0.05) is 25.8 Å². The van der Waals surface area contributed by atoms with E-state index < -0.39 is 12.1 Å². The van der Waals surface area contributed by atoms with Gasteiger partial charge in [0.15, 0.2) is 0 Å². The number of alkyl halides is 3. The molecule has 1 saturated heterocycles. The van der Waals surface area contributed by atoms with Gasteiger partial charge in [-0.2, -0.15) is 13.2 Å². The van der Waals surface area contributed by atoms with Crippen LogP contribution in [0.3, 0.4) is 0 Å². The summed E-state index contributed by atoms with van der Waals surface area (Å²) < 4.78 is 42.7. The van der Waals surface area contributed by atoms with Crippen LogP contribution in [0.1, 0.15) is 30.3 Å². The monoisotopic (exact) mass is 468 g/mol. The van der Waals surface area contributed by atoms with E-state index >= 15 is 0 Å². The molecule has 1 atom stereocenters. The van der Waals surface area contributed by atoms with Crippen molar-refractivity contribution in [2.45, 2.75) is 31.6 Å². The number of nitrogens with zero attached hydrogens (tertiary/aromatic N) is 3. The summed E-state index contributed by atoms with van der Waals surface area (Å²) in [7, 11) is 1.69. The van der Waals surface area contributed by atoms with Crippen LogP contribution in [0, 0.1) is 5.92 Å². The van der Waals surface area contributed by atoms with E-state index in [1.165, 1.54) is 18.4 Å². The van der Waals surface area contributed by atoms with Crippen molar-refractivity contribution < 1.29 is 32.5 Å². The number of rotatable bonds is 7. The largest absolute Gasteiger partial charge is 0.497 e. The predicted molar refractivity (Wildman–Crippen MR) is 114 cm³/mol. The molecule has 0 spiro atoms. The minimum Gasteiger partial charge on any atom is -0.497 e. The van der Waals surface area contributed by atoms with Crippen LogP contribution in [-0.2, 0) is 16.1 Å². The molecule has 1 aromatic heterocycles. The lowest BCUT2D eigenvalue weighted by atomic mass is 10.1. The van der Waals surface area contributed by atoms with E-state index in [-0.39, 0.29) is 6.04 Å². The van der Waals surface area contributed by atoms with Crippen molar-refractivity contribution in [3.8, 4) is 5.75 Å². The Hall–Kier alpha value is -2.92. The van der Waals surface area contributed by atoms with Crippen molar-refractivity contribution in [3.05, 3.63) is 47.9 Å². The number of hydrogen-bond acceptors (Lipinski definition) is 7. The molecule has 1 saturated carbocycles. The van der Waals surface area contributed by atoms with Crippen LogP contribution in [0.2, 0.25) is 0 Å². The molecule has 0 bridgehead atoms. The predicted octanol–water partition coefficient (Wildman–Crippen LogP) is 3.51. The third kappa shape index (κ3) is 7.86. The van der Waals surface area contributed by atoms with E-state index in [0.717, 1.165) is 49.6 Å². The molecule has 1 aliphatic heterocycles. The zero-order valence-electron chi connectivity index (χ0n) is 18.2. The lowest BCUT2D eigenvalue weighted by Crippen LogP contribution is -2.39. The van der Waals surface area contributed by atoms with E-state index in [2.05, 4.69) is 27.3 Å². The van der Waals surface area contributed by atoms with E-state index in [1.54, 1.807) is 7.11 Å². The third-order valence-electron chi connectivity index (χ3n) is 5.27. The second-order valence-corrected chi connectivity index (χ2v) is 7.84. The number of ether oxygens (including phenoxy) is 2. The number of carboxylic acid groups (broad SMARTS) is 1. The molecule has 0 amide bonds. The van der Waals surface area contributed by atoms with Crippen molar-refractivity contribution in [2.75, 3.05) is 38.7 Å². The molecule has 2 N–H and O–H groups in total. The van der Waals surface area contributed by atoms with Crippen LogP contribution in [0.5, 0.6) is 5.75 Å². The number of halogens is 3. The molecule has 2 aliphatic rings. The number of carbonyl (C=O) groups is 1. The van der Waals surface area contributed by atoms with Crippen LogP contribution in [0.15, 0.2) is 36.5 Å². The first-order valence-electron chi connectivity index (χ1n) is 10.6. The average Bonchev–Trinajstić information content (AvgIpc) is 3.63. The average molecular weight is 468 g/mol. The van der Waals surface area contributed by atoms with Gasteiger partial charge >= 0.3 is 12.1 Å². The number of anilines is 1. The van der Waals surface area contributed by atoms with Gasteiger partial charge in [0.25, 0.3) is 0 Å². The molecule has 11 heteroatoms. The Bertz CT molecular complexity index is 907. The Morgan fingerprint density at radius 3 is 2.58 bits per heavy atom. The Balaban J connectivity index is 0.000000383. The molecule has 1 unspecified atom stereocenters. The number of hydrogen-bond donors (Lipinski definition) is 2. The van der Waals surface area contributed by atoms with Crippen molar-refractivity contribution in [2.24, 2.45) is 5.92 Å². The summed E-state index contributed by atoms with van der Waals surface area (Å²) in [6.07, 6.45) is -0.578. The van der Waals surface area contributed by atoms with Crippen molar-refractivity contribution in [1.29, 1.82) is 0 Å². The number of methoxy groups -OCH3 is 1. The summed E-state index contributed by atoms with van der Waals surface area (Å²) in [6.45, 7) is 4.10. The molecular formula is C22H27F3N4O4. The second-order valence-electron chi connectivity index (χ2n) is 7.84. The summed E-state index contributed by atoms with van der Waals surface area (Å²) in [4.78, 5) is 20.6. The van der Waals surface area contributed by atoms with Gasteiger partial charge in [0.05, 0.1) is 26.4 Å². The molecule has 1 aromatic carbocycles. The van der Waals surface area contributed by atoms with Crippen LogP contribution < -0.4 is 10.1 Å². The number of aliphatic carboxylic acids is 1. The van der Waals surface area contributed by atoms with E-state index in [0.29, 0.717) is 6.61 Å². The topological polar surface area (TPSA) is 96.8 Å². The van der Waals surface area contributed by atoms with Gasteiger partial charge in [-0.15, -0.1) is 0 Å². The smallest absolute Gasteiger partial charge is 0.490 e. The molecule has 2 heterocycles. The fourth-order valence-electron chi connectivity index (χ4n) is 3.23. The minimum atomic E-state index is -5.08. The van der Waals surface area contributed by atoms with Crippen molar-refractivity contribution in [3.63, 3.8) is 0 Å². The lowest BCUT2D eigenvalue weighted by Gasteiger charge is -2.34. The Kier molecular flexibility index (Phi) is 8.45. The number of nitrogens with one attached hydrogen (secondary N) is 1. The van der Waals surface area contributed by atoms with Crippen LogP contribution in [0.4, 0.5) is 19.0 Å². The Labute approximate surface area is 189 Å². The van der Waals surface area contributed by atoms with E-state index in [9.17, 15) is 13.2 Å². The molecule has 4 rings (SSSR count). The maximum absolute atomic E-state index is 10.6. The Morgan fingerprint density at radius 1 is 1.27 bits per heavy atom. The summed E-state index contributed by atoms with van der Waals surface area (Å²) >= 11 is 0. The van der Waals surface area contributed by atoms with Gasteiger partial charge in [-0.25, -0.2) is 14.8 Å². The lowest BCUT2D eigenvalue weighted by molar-refractivity contribution is -0.192. The van der Waals surface area contributed by atoms with Gasteiger partial charge < -0.3 is 19.9 Å². The highest BCUT2D eigenvalue weighted by Crippen LogP contribution is 2.29. The van der Waals surface area contributed by atoms with Gasteiger partial charge in [-0.1, -0.05) is 12.1 Å². The maximum Gasteiger partial charge on any atom is 0.490 e. The van der Waals surface area contributed by atoms with E-state index in [1.807, 2.05) is 24.4 Å². The molecule has 0 radical (unpaired) electrons. The molecule has 33 heavy (non-hydrogen) atoms. The summed E-state index contributed by atoms with van der Waals surface area (Å²) in [6, 6.07) is 10.3. The summed E-state index contributed by atoms with van der Waals surface area (Å²) in [5.41, 5.74) is 1.25. The fraction of sp³-hybridized carbons (Fsp3) is 0.500. The molecule has 180 valence electrons. The number of aromatic nitrogens is 2. The Morgan fingerprint density at radius 2 is 1.97 bits per heavy atom. The summed E-state index contributed by atoms with van der Waals surface area (Å²) in [5.74, 6) is 0.687. The highest BCUT2D eigenvalue weighted by molar-refractivity contribution is 5.73. The zero-order valence-corrected chi connectivity index (χ0v) is 18.2. The number of morpholine rings is 1. The maximum atomic E-state index is 10.6. The second kappa shape index (κ2) is 11.3. The zero-order chi connectivity index (χ0) is 23.8. The quantitative estimate of drug-likeness (QED) is 0.637. The van der Waals surface area contributed by atoms with Gasteiger partial charge in [0.2, 0.25) is 0 Å². The standard InChI is InChI=1S/C20H26N4O2.C2HF3O2/c1-25-17-6-4-16(5-7-17)13-24-10-11-26-14-18(24)20-21-9-8-19(23-20)22-12-15-2-3-15;3-2(4,5)1(6)7/h4-9,15,18H,2-3,10-14H2,1H3,(H,21,22,23);(H,6,7).